The minimum absolute atomic E-state index is 0.126. The van der Waals surface area contributed by atoms with Gasteiger partial charge in [0.2, 0.25) is 0 Å². The molecule has 1 aromatic heterocycles. The first kappa shape index (κ1) is 13.0. The maximum atomic E-state index is 11.9. The number of rotatable bonds is 3. The molecule has 0 unspecified atom stereocenters. The highest BCUT2D eigenvalue weighted by atomic mass is 32.2. The van der Waals surface area contributed by atoms with Crippen LogP contribution in [0.4, 0.5) is 5.69 Å². The Hall–Kier alpha value is -1.43. The lowest BCUT2D eigenvalue weighted by atomic mass is 10.1. The van der Waals surface area contributed by atoms with E-state index in [1.54, 1.807) is 19.3 Å². The van der Waals surface area contributed by atoms with Gasteiger partial charge in [-0.2, -0.15) is 0 Å². The molecule has 1 aliphatic rings. The van der Waals surface area contributed by atoms with Crippen LogP contribution in [0.15, 0.2) is 18.3 Å². The van der Waals surface area contributed by atoms with Gasteiger partial charge in [-0.3, -0.25) is 9.00 Å². The molecule has 0 radical (unpaired) electrons. The number of nitrogens with one attached hydrogen (secondary N) is 2. The van der Waals surface area contributed by atoms with Gasteiger partial charge in [0, 0.05) is 35.4 Å². The third-order valence-electron chi connectivity index (χ3n) is 3.01. The maximum absolute atomic E-state index is 11.9. The molecule has 18 heavy (non-hydrogen) atoms. The fourth-order valence-corrected chi connectivity index (χ4v) is 3.17. The van der Waals surface area contributed by atoms with Gasteiger partial charge in [0.05, 0.1) is 11.9 Å². The molecular formula is C12H17N3O2S. The number of hydrogen-bond acceptors (Lipinski definition) is 4. The van der Waals surface area contributed by atoms with E-state index in [2.05, 4.69) is 15.6 Å². The first-order valence-corrected chi connectivity index (χ1v) is 7.47. The molecule has 2 N–H and O–H groups in total. The van der Waals surface area contributed by atoms with E-state index in [9.17, 15) is 9.00 Å². The normalized spacial score (nSPS) is 23.4. The van der Waals surface area contributed by atoms with Crippen molar-refractivity contribution in [3.63, 3.8) is 0 Å². The molecule has 1 fully saturated rings. The van der Waals surface area contributed by atoms with Gasteiger partial charge in [-0.05, 0) is 25.0 Å². The fraction of sp³-hybridized carbons (Fsp3) is 0.500. The predicted octanol–water partition coefficient (Wildman–Crippen LogP) is 0.764. The van der Waals surface area contributed by atoms with E-state index in [1.807, 2.05) is 6.07 Å². The summed E-state index contributed by atoms with van der Waals surface area (Å²) in [6.07, 6.45) is 3.20. The lowest BCUT2D eigenvalue weighted by molar-refractivity contribution is 0.0929. The Morgan fingerprint density at radius 2 is 2.11 bits per heavy atom. The van der Waals surface area contributed by atoms with Crippen LogP contribution >= 0.6 is 0 Å². The summed E-state index contributed by atoms with van der Waals surface area (Å²) in [5.41, 5.74) is 1.29. The van der Waals surface area contributed by atoms with Crippen LogP contribution in [-0.2, 0) is 10.8 Å². The molecule has 1 saturated heterocycles. The number of anilines is 1. The second kappa shape index (κ2) is 5.95. The van der Waals surface area contributed by atoms with Gasteiger partial charge in [-0.1, -0.05) is 0 Å². The van der Waals surface area contributed by atoms with Crippen molar-refractivity contribution >= 4 is 22.4 Å². The van der Waals surface area contributed by atoms with Gasteiger partial charge in [-0.25, -0.2) is 4.98 Å². The van der Waals surface area contributed by atoms with E-state index in [0.717, 1.165) is 18.5 Å². The van der Waals surface area contributed by atoms with Crippen LogP contribution in [0.2, 0.25) is 0 Å². The summed E-state index contributed by atoms with van der Waals surface area (Å²) in [6.45, 7) is 0. The van der Waals surface area contributed by atoms with E-state index < -0.39 is 10.8 Å². The quantitative estimate of drug-likeness (QED) is 0.848. The van der Waals surface area contributed by atoms with Crippen molar-refractivity contribution in [3.05, 3.63) is 24.0 Å². The summed E-state index contributed by atoms with van der Waals surface area (Å²) >= 11 is 0. The second-order valence-electron chi connectivity index (χ2n) is 4.28. The van der Waals surface area contributed by atoms with Crippen molar-refractivity contribution in [2.75, 3.05) is 23.9 Å². The van der Waals surface area contributed by atoms with E-state index in [0.29, 0.717) is 17.2 Å². The molecule has 0 aromatic carbocycles. The van der Waals surface area contributed by atoms with Crippen LogP contribution < -0.4 is 10.6 Å². The molecule has 1 aromatic rings. The highest BCUT2D eigenvalue weighted by molar-refractivity contribution is 7.85. The smallest absolute Gasteiger partial charge is 0.270 e. The zero-order valence-electron chi connectivity index (χ0n) is 10.3. The maximum Gasteiger partial charge on any atom is 0.270 e. The molecule has 0 aliphatic carbocycles. The number of hydrogen-bond donors (Lipinski definition) is 2. The van der Waals surface area contributed by atoms with Crippen molar-refractivity contribution in [1.82, 2.24) is 10.3 Å². The standard InChI is InChI=1S/C12H17N3O2S/c1-13-10-2-3-11(14-8-10)12(16)15-9-4-6-18(17)7-5-9/h2-3,8-9,13H,4-7H2,1H3,(H,15,16). The summed E-state index contributed by atoms with van der Waals surface area (Å²) in [6, 6.07) is 3.64. The number of amides is 1. The Labute approximate surface area is 109 Å². The van der Waals surface area contributed by atoms with Gasteiger partial charge in [0.15, 0.2) is 0 Å². The first-order chi connectivity index (χ1) is 8.69. The Morgan fingerprint density at radius 1 is 1.39 bits per heavy atom. The van der Waals surface area contributed by atoms with E-state index in [-0.39, 0.29) is 11.9 Å². The monoisotopic (exact) mass is 267 g/mol. The van der Waals surface area contributed by atoms with Crippen LogP contribution in [0.3, 0.4) is 0 Å². The Morgan fingerprint density at radius 3 is 2.67 bits per heavy atom. The number of aromatic nitrogens is 1. The zero-order chi connectivity index (χ0) is 13.0. The van der Waals surface area contributed by atoms with Crippen LogP contribution in [0.25, 0.3) is 0 Å². The SMILES string of the molecule is CNc1ccc(C(=O)NC2CCS(=O)CC2)nc1. The molecule has 5 nitrogen and oxygen atoms in total. The molecule has 6 heteroatoms. The second-order valence-corrected chi connectivity index (χ2v) is 5.97. The Kier molecular flexibility index (Phi) is 4.30. The Balaban J connectivity index is 1.92. The average molecular weight is 267 g/mol. The van der Waals surface area contributed by atoms with Crippen molar-refractivity contribution in [3.8, 4) is 0 Å². The van der Waals surface area contributed by atoms with Gasteiger partial charge >= 0.3 is 0 Å². The van der Waals surface area contributed by atoms with E-state index in [4.69, 9.17) is 0 Å². The third-order valence-corrected chi connectivity index (χ3v) is 4.39. The van der Waals surface area contributed by atoms with Crippen LogP contribution in [0.1, 0.15) is 23.3 Å². The largest absolute Gasteiger partial charge is 0.387 e. The van der Waals surface area contributed by atoms with E-state index >= 15 is 0 Å². The van der Waals surface area contributed by atoms with E-state index in [1.165, 1.54) is 0 Å². The van der Waals surface area contributed by atoms with Crippen molar-refractivity contribution in [2.45, 2.75) is 18.9 Å². The lowest BCUT2D eigenvalue weighted by Crippen LogP contribution is -2.39. The number of carbonyl (C=O) groups excluding carboxylic acids is 1. The summed E-state index contributed by atoms with van der Waals surface area (Å²) in [5.74, 6) is 1.20. The highest BCUT2D eigenvalue weighted by Crippen LogP contribution is 2.10. The van der Waals surface area contributed by atoms with Gasteiger partial charge in [0.1, 0.15) is 5.69 Å². The first-order valence-electron chi connectivity index (χ1n) is 5.98. The molecule has 2 heterocycles. The predicted molar refractivity (Wildman–Crippen MR) is 72.1 cm³/mol. The van der Waals surface area contributed by atoms with Crippen LogP contribution in [-0.4, -0.2) is 39.7 Å². The Bertz CT molecular complexity index is 437. The number of nitrogens with zero attached hydrogens (tertiary/aromatic N) is 1. The molecule has 0 saturated carbocycles. The fourth-order valence-electron chi connectivity index (χ4n) is 1.87. The summed E-state index contributed by atoms with van der Waals surface area (Å²) < 4.78 is 11.2. The topological polar surface area (TPSA) is 71.1 Å². The number of pyridine rings is 1. The lowest BCUT2D eigenvalue weighted by Gasteiger charge is -2.22. The average Bonchev–Trinajstić information content (AvgIpc) is 2.41. The summed E-state index contributed by atoms with van der Waals surface area (Å²) in [4.78, 5) is 16.0. The molecule has 1 aliphatic heterocycles. The van der Waals surface area contributed by atoms with Crippen LogP contribution in [0, 0.1) is 0 Å². The van der Waals surface area contributed by atoms with Gasteiger partial charge < -0.3 is 10.6 Å². The molecule has 0 bridgehead atoms. The minimum atomic E-state index is -0.700. The summed E-state index contributed by atoms with van der Waals surface area (Å²) in [5, 5.41) is 5.89. The van der Waals surface area contributed by atoms with Crippen molar-refractivity contribution in [1.29, 1.82) is 0 Å². The number of carbonyl (C=O) groups is 1. The molecule has 0 atom stereocenters. The third kappa shape index (κ3) is 3.29. The van der Waals surface area contributed by atoms with Crippen LogP contribution in [0.5, 0.6) is 0 Å². The van der Waals surface area contributed by atoms with Gasteiger partial charge in [-0.15, -0.1) is 0 Å². The van der Waals surface area contributed by atoms with Crippen molar-refractivity contribution in [2.24, 2.45) is 0 Å². The highest BCUT2D eigenvalue weighted by Gasteiger charge is 2.20. The molecule has 1 amide bonds. The molecule has 2 rings (SSSR count). The molecule has 0 spiro atoms. The molecule has 98 valence electrons. The summed E-state index contributed by atoms with van der Waals surface area (Å²) in [7, 11) is 1.10. The zero-order valence-corrected chi connectivity index (χ0v) is 11.1. The van der Waals surface area contributed by atoms with Crippen molar-refractivity contribution < 1.29 is 9.00 Å². The minimum Gasteiger partial charge on any atom is -0.387 e. The van der Waals surface area contributed by atoms with Gasteiger partial charge in [0.25, 0.3) is 5.91 Å². The molecular weight excluding hydrogens is 250 g/mol.